The average molecular weight is 366 g/mol. The summed E-state index contributed by atoms with van der Waals surface area (Å²) in [5.74, 6) is -0.520. The Kier molecular flexibility index (Phi) is 5.74. The minimum Gasteiger partial charge on any atom is -0.351 e. The Bertz CT molecular complexity index is 843. The van der Waals surface area contributed by atoms with Gasteiger partial charge in [0.25, 0.3) is 5.91 Å². The van der Waals surface area contributed by atoms with Crippen LogP contribution in [0.5, 0.6) is 0 Å². The molecule has 2 aromatic rings. The maximum Gasteiger partial charge on any atom is 0.252 e. The Morgan fingerprint density at radius 2 is 1.96 bits per heavy atom. The summed E-state index contributed by atoms with van der Waals surface area (Å²) in [5, 5.41) is 8.88. The zero-order valence-corrected chi connectivity index (χ0v) is 15.0. The molecule has 0 atom stereocenters. The molecule has 0 bridgehead atoms. The molecule has 0 unspecified atom stereocenters. The van der Waals surface area contributed by atoms with Gasteiger partial charge >= 0.3 is 0 Å². The average Bonchev–Trinajstić information content (AvgIpc) is 3.02. The van der Waals surface area contributed by atoms with Crippen LogP contribution >= 0.6 is 11.3 Å². The Morgan fingerprint density at radius 3 is 2.58 bits per heavy atom. The predicted octanol–water partition coefficient (Wildman–Crippen LogP) is 2.22. The third kappa shape index (κ3) is 4.90. The highest BCUT2D eigenvalue weighted by atomic mass is 32.2. The van der Waals surface area contributed by atoms with Gasteiger partial charge in [0.1, 0.15) is 0 Å². The highest BCUT2D eigenvalue weighted by Gasteiger charge is 2.12. The number of rotatable bonds is 6. The Labute approximate surface area is 144 Å². The van der Waals surface area contributed by atoms with Gasteiger partial charge in [-0.1, -0.05) is 6.07 Å². The molecule has 0 spiro atoms. The topological polar surface area (TPSA) is 92.3 Å². The van der Waals surface area contributed by atoms with Crippen molar-refractivity contribution in [2.75, 3.05) is 18.1 Å². The fourth-order valence-electron chi connectivity index (χ4n) is 1.96. The molecule has 1 heterocycles. The second kappa shape index (κ2) is 7.59. The highest BCUT2D eigenvalue weighted by Crippen LogP contribution is 2.20. The number of benzene rings is 1. The number of hydrogen-bond acceptors (Lipinski definition) is 5. The van der Waals surface area contributed by atoms with Crippen LogP contribution in [-0.2, 0) is 14.6 Å². The first-order valence-corrected chi connectivity index (χ1v) is 10.0. The SMILES string of the molecule is Cc1ccc(S(C)(=O)=O)cc1NC(=O)CCNC(=O)c1ccsc1. The van der Waals surface area contributed by atoms with E-state index in [1.807, 2.05) is 0 Å². The number of hydrogen-bond donors (Lipinski definition) is 2. The molecule has 0 radical (unpaired) electrons. The molecule has 1 aromatic heterocycles. The maximum atomic E-state index is 12.0. The molecule has 0 saturated carbocycles. The Morgan fingerprint density at radius 1 is 1.21 bits per heavy atom. The first-order chi connectivity index (χ1) is 11.3. The van der Waals surface area contributed by atoms with E-state index in [1.165, 1.54) is 23.5 Å². The molecule has 1 aromatic carbocycles. The van der Waals surface area contributed by atoms with Crippen molar-refractivity contribution >= 4 is 38.7 Å². The van der Waals surface area contributed by atoms with Crippen LogP contribution < -0.4 is 10.6 Å². The predicted molar refractivity (Wildman–Crippen MR) is 94.2 cm³/mol. The van der Waals surface area contributed by atoms with E-state index in [4.69, 9.17) is 0 Å². The molecule has 2 amide bonds. The van der Waals surface area contributed by atoms with E-state index in [0.717, 1.165) is 11.8 Å². The van der Waals surface area contributed by atoms with Crippen molar-refractivity contribution in [1.29, 1.82) is 0 Å². The van der Waals surface area contributed by atoms with Gasteiger partial charge in [-0.3, -0.25) is 9.59 Å². The van der Waals surface area contributed by atoms with Crippen molar-refractivity contribution in [1.82, 2.24) is 5.32 Å². The van der Waals surface area contributed by atoms with E-state index < -0.39 is 9.84 Å². The zero-order valence-electron chi connectivity index (χ0n) is 13.3. The van der Waals surface area contributed by atoms with E-state index >= 15 is 0 Å². The van der Waals surface area contributed by atoms with Crippen molar-refractivity contribution in [3.05, 3.63) is 46.2 Å². The first kappa shape index (κ1) is 18.2. The molecule has 2 N–H and O–H groups in total. The number of thiophene rings is 1. The molecule has 8 heteroatoms. The fraction of sp³-hybridized carbons (Fsp3) is 0.250. The van der Waals surface area contributed by atoms with Gasteiger partial charge in [0.2, 0.25) is 5.91 Å². The van der Waals surface area contributed by atoms with E-state index in [1.54, 1.807) is 29.8 Å². The number of aryl methyl sites for hydroxylation is 1. The van der Waals surface area contributed by atoms with Gasteiger partial charge in [-0.2, -0.15) is 11.3 Å². The van der Waals surface area contributed by atoms with Crippen molar-refractivity contribution in [2.45, 2.75) is 18.2 Å². The normalized spacial score (nSPS) is 11.1. The lowest BCUT2D eigenvalue weighted by atomic mass is 10.2. The van der Waals surface area contributed by atoms with E-state index in [0.29, 0.717) is 11.3 Å². The summed E-state index contributed by atoms with van der Waals surface area (Å²) in [6.07, 6.45) is 1.21. The second-order valence-corrected chi connectivity index (χ2v) is 8.11. The molecule has 0 aliphatic heterocycles. The minimum atomic E-state index is -3.34. The van der Waals surface area contributed by atoms with Crippen molar-refractivity contribution in [2.24, 2.45) is 0 Å². The summed E-state index contributed by atoms with van der Waals surface area (Å²) in [5.41, 5.74) is 1.78. The van der Waals surface area contributed by atoms with Gasteiger partial charge in [0, 0.05) is 35.9 Å². The Balaban J connectivity index is 1.92. The molecule has 6 nitrogen and oxygen atoms in total. The summed E-state index contributed by atoms with van der Waals surface area (Å²) in [7, 11) is -3.34. The van der Waals surface area contributed by atoms with Crippen molar-refractivity contribution < 1.29 is 18.0 Å². The molecule has 128 valence electrons. The summed E-state index contributed by atoms with van der Waals surface area (Å²) >= 11 is 1.43. The van der Waals surface area contributed by atoms with Crippen LogP contribution in [0.15, 0.2) is 39.9 Å². The number of carbonyl (C=O) groups is 2. The summed E-state index contributed by atoms with van der Waals surface area (Å²) < 4.78 is 23.2. The third-order valence-corrected chi connectivity index (χ3v) is 5.13. The van der Waals surface area contributed by atoms with E-state index in [2.05, 4.69) is 10.6 Å². The monoisotopic (exact) mass is 366 g/mol. The molecule has 0 aliphatic carbocycles. The summed E-state index contributed by atoms with van der Waals surface area (Å²) in [6, 6.07) is 6.29. The lowest BCUT2D eigenvalue weighted by molar-refractivity contribution is -0.116. The largest absolute Gasteiger partial charge is 0.351 e. The van der Waals surface area contributed by atoms with Gasteiger partial charge in [-0.15, -0.1) is 0 Å². The van der Waals surface area contributed by atoms with Gasteiger partial charge in [0.15, 0.2) is 9.84 Å². The molecular formula is C16H18N2O4S2. The lowest BCUT2D eigenvalue weighted by Gasteiger charge is -2.10. The quantitative estimate of drug-likeness (QED) is 0.820. The van der Waals surface area contributed by atoms with Crippen LogP contribution in [0.1, 0.15) is 22.3 Å². The summed E-state index contributed by atoms with van der Waals surface area (Å²) in [6.45, 7) is 1.98. The fourth-order valence-corrected chi connectivity index (χ4v) is 3.25. The summed E-state index contributed by atoms with van der Waals surface area (Å²) in [4.78, 5) is 23.9. The third-order valence-electron chi connectivity index (χ3n) is 3.33. The number of amides is 2. The van der Waals surface area contributed by atoms with Gasteiger partial charge < -0.3 is 10.6 Å². The lowest BCUT2D eigenvalue weighted by Crippen LogP contribution is -2.27. The van der Waals surface area contributed by atoms with Crippen LogP contribution in [0.2, 0.25) is 0 Å². The van der Waals surface area contributed by atoms with Crippen LogP contribution in [0.25, 0.3) is 0 Å². The Hall–Kier alpha value is -2.19. The number of sulfone groups is 1. The van der Waals surface area contributed by atoms with Crippen molar-refractivity contribution in [3.63, 3.8) is 0 Å². The molecule has 2 rings (SSSR count). The van der Waals surface area contributed by atoms with Gasteiger partial charge in [-0.05, 0) is 36.1 Å². The minimum absolute atomic E-state index is 0.0957. The van der Waals surface area contributed by atoms with E-state index in [9.17, 15) is 18.0 Å². The zero-order chi connectivity index (χ0) is 17.7. The number of carbonyl (C=O) groups excluding carboxylic acids is 2. The molecule has 24 heavy (non-hydrogen) atoms. The number of nitrogens with one attached hydrogen (secondary N) is 2. The van der Waals surface area contributed by atoms with Crippen molar-refractivity contribution in [3.8, 4) is 0 Å². The smallest absolute Gasteiger partial charge is 0.252 e. The second-order valence-electron chi connectivity index (χ2n) is 5.31. The molecule has 0 aliphatic rings. The standard InChI is InChI=1S/C16H18N2O4S2/c1-11-3-4-13(24(2,21)22)9-14(11)18-15(19)5-7-17-16(20)12-6-8-23-10-12/h3-4,6,8-10H,5,7H2,1-2H3,(H,17,20)(H,18,19). The van der Waals surface area contributed by atoms with Crippen LogP contribution in [0.3, 0.4) is 0 Å². The molecular weight excluding hydrogens is 348 g/mol. The number of anilines is 1. The van der Waals surface area contributed by atoms with Crippen LogP contribution in [0, 0.1) is 6.92 Å². The highest BCUT2D eigenvalue weighted by molar-refractivity contribution is 7.90. The molecule has 0 fully saturated rings. The van der Waals surface area contributed by atoms with Gasteiger partial charge in [-0.25, -0.2) is 8.42 Å². The van der Waals surface area contributed by atoms with Crippen LogP contribution in [-0.4, -0.2) is 33.0 Å². The van der Waals surface area contributed by atoms with Crippen LogP contribution in [0.4, 0.5) is 5.69 Å². The van der Waals surface area contributed by atoms with Gasteiger partial charge in [0.05, 0.1) is 4.90 Å². The molecule has 0 saturated heterocycles. The first-order valence-electron chi connectivity index (χ1n) is 7.18. The maximum absolute atomic E-state index is 12.0. The van der Waals surface area contributed by atoms with E-state index in [-0.39, 0.29) is 29.7 Å².